The van der Waals surface area contributed by atoms with E-state index in [9.17, 15) is 9.18 Å². The molecule has 0 unspecified atom stereocenters. The first-order valence-corrected chi connectivity index (χ1v) is 8.48. The van der Waals surface area contributed by atoms with Crippen LogP contribution < -0.4 is 0 Å². The molecule has 3 heteroatoms. The first kappa shape index (κ1) is 16.6. The van der Waals surface area contributed by atoms with Crippen molar-refractivity contribution in [3.63, 3.8) is 0 Å². The second-order valence-corrected chi connectivity index (χ2v) is 6.18. The van der Waals surface area contributed by atoms with Crippen molar-refractivity contribution < 1.29 is 9.18 Å². The molecular weight excluding hydrogens is 301 g/mol. The van der Waals surface area contributed by atoms with Gasteiger partial charge >= 0.3 is 0 Å². The van der Waals surface area contributed by atoms with Crippen molar-refractivity contribution in [2.24, 2.45) is 0 Å². The predicted molar refractivity (Wildman–Crippen MR) is 95.4 cm³/mol. The molecule has 0 aliphatic carbocycles. The number of hydrogen-bond acceptors (Lipinski definition) is 2. The molecule has 3 rings (SSSR count). The van der Waals surface area contributed by atoms with Crippen molar-refractivity contribution in [2.45, 2.75) is 19.3 Å². The van der Waals surface area contributed by atoms with Crippen LogP contribution in [0.5, 0.6) is 0 Å². The summed E-state index contributed by atoms with van der Waals surface area (Å²) in [6.45, 7) is 2.89. The van der Waals surface area contributed by atoms with Gasteiger partial charge in [-0.2, -0.15) is 0 Å². The molecule has 0 fully saturated rings. The minimum Gasteiger partial charge on any atom is -0.299 e. The summed E-state index contributed by atoms with van der Waals surface area (Å²) in [5.74, 6) is -0.214. The molecule has 0 spiro atoms. The predicted octanol–water partition coefficient (Wildman–Crippen LogP) is 4.58. The van der Waals surface area contributed by atoms with Gasteiger partial charge in [-0.05, 0) is 54.8 Å². The second-order valence-electron chi connectivity index (χ2n) is 6.18. The summed E-state index contributed by atoms with van der Waals surface area (Å²) in [7, 11) is 0. The van der Waals surface area contributed by atoms with Crippen molar-refractivity contribution in [3.8, 4) is 0 Å². The van der Waals surface area contributed by atoms with Crippen LogP contribution in [0.15, 0.2) is 60.7 Å². The molecule has 24 heavy (non-hydrogen) atoms. The fraction of sp³-hybridized carbons (Fsp3) is 0.286. The zero-order valence-electron chi connectivity index (χ0n) is 13.7. The number of carbonyl (C=O) groups excluding carboxylic acids is 1. The van der Waals surface area contributed by atoms with Gasteiger partial charge in [0.2, 0.25) is 0 Å². The number of carbonyl (C=O) groups is 1. The van der Waals surface area contributed by atoms with Gasteiger partial charge in [0.05, 0.1) is 0 Å². The van der Waals surface area contributed by atoms with Crippen LogP contribution in [0.25, 0.3) is 5.57 Å². The molecule has 0 amide bonds. The normalized spacial score (nSPS) is 15.1. The lowest BCUT2D eigenvalue weighted by Crippen LogP contribution is -2.29. The number of halogens is 1. The molecule has 2 aromatic rings. The SMILES string of the molecule is O=C(CCCN1CC=C(c2ccccc2)CC1)c1ccc(F)cc1. The number of rotatable bonds is 6. The fourth-order valence-electron chi connectivity index (χ4n) is 3.07. The number of hydrogen-bond donors (Lipinski definition) is 0. The van der Waals surface area contributed by atoms with Gasteiger partial charge in [-0.15, -0.1) is 0 Å². The molecule has 2 nitrogen and oxygen atoms in total. The van der Waals surface area contributed by atoms with Crippen LogP contribution in [0.2, 0.25) is 0 Å². The molecule has 0 atom stereocenters. The maximum atomic E-state index is 12.9. The molecule has 0 saturated heterocycles. The lowest BCUT2D eigenvalue weighted by Gasteiger charge is -2.26. The number of nitrogens with zero attached hydrogens (tertiary/aromatic N) is 1. The molecule has 0 N–H and O–H groups in total. The van der Waals surface area contributed by atoms with E-state index in [-0.39, 0.29) is 11.6 Å². The van der Waals surface area contributed by atoms with Gasteiger partial charge in [-0.3, -0.25) is 9.69 Å². The monoisotopic (exact) mass is 323 g/mol. The minimum absolute atomic E-state index is 0.0903. The first-order valence-electron chi connectivity index (χ1n) is 8.48. The lowest BCUT2D eigenvalue weighted by molar-refractivity contribution is 0.0975. The van der Waals surface area contributed by atoms with Crippen LogP contribution in [0.1, 0.15) is 35.2 Å². The third kappa shape index (κ3) is 4.39. The van der Waals surface area contributed by atoms with Crippen LogP contribution in [0.4, 0.5) is 4.39 Å². The van der Waals surface area contributed by atoms with E-state index in [4.69, 9.17) is 0 Å². The van der Waals surface area contributed by atoms with Gasteiger partial charge in [-0.1, -0.05) is 36.4 Å². The Kier molecular flexibility index (Phi) is 5.55. The van der Waals surface area contributed by atoms with Gasteiger partial charge in [-0.25, -0.2) is 4.39 Å². The Balaban J connectivity index is 1.44. The van der Waals surface area contributed by atoms with Gasteiger partial charge < -0.3 is 0 Å². The molecule has 0 aromatic heterocycles. The van der Waals surface area contributed by atoms with E-state index in [1.165, 1.54) is 23.3 Å². The average Bonchev–Trinajstić information content (AvgIpc) is 2.63. The van der Waals surface area contributed by atoms with E-state index in [1.807, 2.05) is 6.07 Å². The fourth-order valence-corrected chi connectivity index (χ4v) is 3.07. The largest absolute Gasteiger partial charge is 0.299 e. The molecule has 1 aliphatic rings. The number of ketones is 1. The summed E-state index contributed by atoms with van der Waals surface area (Å²) < 4.78 is 12.9. The lowest BCUT2D eigenvalue weighted by atomic mass is 9.99. The van der Waals surface area contributed by atoms with Crippen molar-refractivity contribution in [2.75, 3.05) is 19.6 Å². The first-order chi connectivity index (χ1) is 11.7. The molecule has 1 heterocycles. The van der Waals surface area contributed by atoms with Gasteiger partial charge in [0, 0.05) is 25.1 Å². The molecule has 0 bridgehead atoms. The van der Waals surface area contributed by atoms with Gasteiger partial charge in [0.15, 0.2) is 5.78 Å². The van der Waals surface area contributed by atoms with E-state index in [0.717, 1.165) is 32.5 Å². The maximum absolute atomic E-state index is 12.9. The summed E-state index contributed by atoms with van der Waals surface area (Å²) in [5.41, 5.74) is 3.32. The van der Waals surface area contributed by atoms with Crippen LogP contribution in [0, 0.1) is 5.82 Å². The summed E-state index contributed by atoms with van der Waals surface area (Å²) >= 11 is 0. The highest BCUT2D eigenvalue weighted by Gasteiger charge is 2.13. The second kappa shape index (κ2) is 8.02. The smallest absolute Gasteiger partial charge is 0.162 e. The molecular formula is C21H22FNO. The highest BCUT2D eigenvalue weighted by molar-refractivity contribution is 5.95. The van der Waals surface area contributed by atoms with Crippen molar-refractivity contribution in [1.82, 2.24) is 4.90 Å². The zero-order valence-corrected chi connectivity index (χ0v) is 13.7. The van der Waals surface area contributed by atoms with Crippen LogP contribution in [-0.4, -0.2) is 30.3 Å². The van der Waals surface area contributed by atoms with Crippen molar-refractivity contribution in [3.05, 3.63) is 77.6 Å². The summed E-state index contributed by atoms with van der Waals surface area (Å²) in [6, 6.07) is 16.3. The summed E-state index contributed by atoms with van der Waals surface area (Å²) in [5, 5.41) is 0. The average molecular weight is 323 g/mol. The third-order valence-electron chi connectivity index (χ3n) is 4.48. The summed E-state index contributed by atoms with van der Waals surface area (Å²) in [6.07, 6.45) is 4.69. The number of Topliss-reactive ketones (excluding diaryl/α,β-unsaturated/α-hetero) is 1. The van der Waals surface area contributed by atoms with Crippen LogP contribution in [0.3, 0.4) is 0 Å². The Morgan fingerprint density at radius 2 is 1.79 bits per heavy atom. The maximum Gasteiger partial charge on any atom is 0.162 e. The molecule has 0 radical (unpaired) electrons. The Bertz CT molecular complexity index is 706. The van der Waals surface area contributed by atoms with Crippen molar-refractivity contribution >= 4 is 11.4 Å². The highest BCUT2D eigenvalue weighted by Crippen LogP contribution is 2.22. The van der Waals surface area contributed by atoms with Crippen molar-refractivity contribution in [1.29, 1.82) is 0 Å². The topological polar surface area (TPSA) is 20.3 Å². The van der Waals surface area contributed by atoms with E-state index in [0.29, 0.717) is 12.0 Å². The molecule has 1 aliphatic heterocycles. The molecule has 124 valence electrons. The number of benzene rings is 2. The van der Waals surface area contributed by atoms with Crippen LogP contribution >= 0.6 is 0 Å². The van der Waals surface area contributed by atoms with E-state index < -0.39 is 0 Å². The standard InChI is InChI=1S/C21H22FNO/c22-20-10-8-19(9-11-20)21(24)7-4-14-23-15-12-18(13-16-23)17-5-2-1-3-6-17/h1-3,5-6,8-12H,4,7,13-16H2. The van der Waals surface area contributed by atoms with Gasteiger partial charge in [0.1, 0.15) is 5.82 Å². The Hall–Kier alpha value is -2.26. The quantitative estimate of drug-likeness (QED) is 0.725. The third-order valence-corrected chi connectivity index (χ3v) is 4.48. The zero-order chi connectivity index (χ0) is 16.8. The van der Waals surface area contributed by atoms with Crippen LogP contribution in [-0.2, 0) is 0 Å². The van der Waals surface area contributed by atoms with E-state index in [1.54, 1.807) is 12.1 Å². The van der Waals surface area contributed by atoms with E-state index in [2.05, 4.69) is 35.2 Å². The van der Waals surface area contributed by atoms with Gasteiger partial charge in [0.25, 0.3) is 0 Å². The Labute approximate surface area is 142 Å². The molecule has 0 saturated carbocycles. The summed E-state index contributed by atoms with van der Waals surface area (Å²) in [4.78, 5) is 14.5. The Morgan fingerprint density at radius 1 is 1.04 bits per heavy atom. The Morgan fingerprint density at radius 3 is 2.46 bits per heavy atom. The highest BCUT2D eigenvalue weighted by atomic mass is 19.1. The molecule has 2 aromatic carbocycles. The minimum atomic E-state index is -0.305. The van der Waals surface area contributed by atoms with E-state index >= 15 is 0 Å².